The molecule has 9 heteroatoms. The number of halogens is 4. The molecule has 0 aliphatic heterocycles. The van der Waals surface area contributed by atoms with Crippen LogP contribution in [0.2, 0.25) is 5.02 Å². The van der Waals surface area contributed by atoms with E-state index in [0.717, 1.165) is 20.9 Å². The van der Waals surface area contributed by atoms with E-state index in [9.17, 15) is 4.79 Å². The van der Waals surface area contributed by atoms with E-state index in [1.165, 1.54) is 4.68 Å². The molecular weight excluding hydrogens is 661 g/mol. The van der Waals surface area contributed by atoms with Gasteiger partial charge < -0.3 is 4.74 Å². The number of rotatable bonds is 7. The molecular formula is C26H21Br3ClN3O2. The Morgan fingerprint density at radius 3 is 2.51 bits per heavy atom. The number of fused-ring (bicyclic) bond motifs is 1. The first-order valence-electron chi connectivity index (χ1n) is 10.9. The van der Waals surface area contributed by atoms with Crippen molar-refractivity contribution in [3.63, 3.8) is 0 Å². The van der Waals surface area contributed by atoms with Crippen LogP contribution in [-0.4, -0.2) is 15.9 Å². The zero-order valence-electron chi connectivity index (χ0n) is 18.9. The smallest absolute Gasteiger partial charge is 0.282 e. The summed E-state index contributed by atoms with van der Waals surface area (Å²) in [4.78, 5) is 18.2. The van der Waals surface area contributed by atoms with E-state index < -0.39 is 0 Å². The second kappa shape index (κ2) is 11.4. The fraction of sp³-hybridized carbons (Fsp3) is 0.192. The van der Waals surface area contributed by atoms with Crippen molar-refractivity contribution in [2.24, 2.45) is 5.10 Å². The minimum atomic E-state index is -0.235. The van der Waals surface area contributed by atoms with Gasteiger partial charge in [-0.15, -0.1) is 0 Å². The Morgan fingerprint density at radius 2 is 1.80 bits per heavy atom. The standard InChI is InChI=1S/C26H21Br3ClN3O2/c1-3-15(2)25-32-23-9-8-19(28)11-21(23)26(34)33(25)31-13-17-10-20(30)12-22(29)24(17)35-14-16-4-6-18(27)7-5-16/h4-13,15H,3,14H2,1-2H3/t15-/m1/s1. The molecule has 3 aromatic carbocycles. The Bertz CT molecular complexity index is 1470. The lowest BCUT2D eigenvalue weighted by molar-refractivity contribution is 0.304. The topological polar surface area (TPSA) is 56.5 Å². The van der Waals surface area contributed by atoms with Crippen molar-refractivity contribution in [2.45, 2.75) is 32.8 Å². The van der Waals surface area contributed by atoms with E-state index >= 15 is 0 Å². The third-order valence-electron chi connectivity index (χ3n) is 5.53. The van der Waals surface area contributed by atoms with Gasteiger partial charge >= 0.3 is 0 Å². The molecule has 0 amide bonds. The van der Waals surface area contributed by atoms with Crippen LogP contribution in [0, 0.1) is 0 Å². The normalized spacial score (nSPS) is 12.4. The second-order valence-electron chi connectivity index (χ2n) is 8.02. The van der Waals surface area contributed by atoms with Crippen molar-refractivity contribution in [2.75, 3.05) is 0 Å². The number of hydrogen-bond acceptors (Lipinski definition) is 4. The fourth-order valence-electron chi connectivity index (χ4n) is 3.46. The van der Waals surface area contributed by atoms with Crippen molar-refractivity contribution < 1.29 is 4.74 Å². The number of hydrogen-bond donors (Lipinski definition) is 0. The summed E-state index contributed by atoms with van der Waals surface area (Å²) < 4.78 is 10.00. The van der Waals surface area contributed by atoms with Crippen molar-refractivity contribution in [3.8, 4) is 5.75 Å². The summed E-state index contributed by atoms with van der Waals surface area (Å²) in [6.07, 6.45) is 2.40. The highest BCUT2D eigenvalue weighted by atomic mass is 79.9. The van der Waals surface area contributed by atoms with Crippen LogP contribution in [0.1, 0.15) is 43.1 Å². The predicted octanol–water partition coefficient (Wildman–Crippen LogP) is 8.31. The molecule has 0 aliphatic carbocycles. The quantitative estimate of drug-likeness (QED) is 0.184. The molecule has 0 saturated carbocycles. The Hall–Kier alpha value is -2.00. The van der Waals surface area contributed by atoms with Crippen LogP contribution in [0.25, 0.3) is 10.9 Å². The highest BCUT2D eigenvalue weighted by molar-refractivity contribution is 9.11. The van der Waals surface area contributed by atoms with Crippen LogP contribution in [0.3, 0.4) is 0 Å². The van der Waals surface area contributed by atoms with Crippen LogP contribution in [0.5, 0.6) is 5.75 Å². The van der Waals surface area contributed by atoms with Gasteiger partial charge in [0.05, 0.1) is 21.6 Å². The van der Waals surface area contributed by atoms with Crippen LogP contribution >= 0.6 is 59.4 Å². The molecule has 1 heterocycles. The van der Waals surface area contributed by atoms with Gasteiger partial charge in [-0.1, -0.05) is 69.4 Å². The molecule has 0 radical (unpaired) electrons. The molecule has 0 fully saturated rings. The van der Waals surface area contributed by atoms with Crippen LogP contribution in [0.4, 0.5) is 0 Å². The molecule has 180 valence electrons. The molecule has 0 aliphatic rings. The van der Waals surface area contributed by atoms with Gasteiger partial charge in [-0.2, -0.15) is 9.78 Å². The van der Waals surface area contributed by atoms with E-state index in [-0.39, 0.29) is 11.5 Å². The molecule has 0 N–H and O–H groups in total. The average Bonchev–Trinajstić information content (AvgIpc) is 2.83. The summed E-state index contributed by atoms with van der Waals surface area (Å²) >= 11 is 16.8. The van der Waals surface area contributed by atoms with E-state index in [1.807, 2.05) is 43.3 Å². The minimum Gasteiger partial charge on any atom is -0.487 e. The number of benzene rings is 3. The van der Waals surface area contributed by atoms with Crippen molar-refractivity contribution in [1.29, 1.82) is 0 Å². The molecule has 4 aromatic rings. The highest BCUT2D eigenvalue weighted by Gasteiger charge is 2.16. The summed E-state index contributed by atoms with van der Waals surface area (Å²) in [7, 11) is 0. The van der Waals surface area contributed by atoms with Gasteiger partial charge in [-0.25, -0.2) is 4.98 Å². The summed E-state index contributed by atoms with van der Waals surface area (Å²) in [6.45, 7) is 4.44. The molecule has 5 nitrogen and oxygen atoms in total. The van der Waals surface area contributed by atoms with Crippen LogP contribution in [0.15, 0.2) is 77.9 Å². The van der Waals surface area contributed by atoms with Crippen molar-refractivity contribution in [3.05, 3.63) is 100 Å². The first kappa shape index (κ1) is 26.1. The Labute approximate surface area is 233 Å². The third-order valence-corrected chi connectivity index (χ3v) is 7.36. The van der Waals surface area contributed by atoms with Gasteiger partial charge in [0.25, 0.3) is 5.56 Å². The average molecular weight is 683 g/mol. The minimum absolute atomic E-state index is 0.0344. The third kappa shape index (κ3) is 6.05. The predicted molar refractivity (Wildman–Crippen MR) is 153 cm³/mol. The zero-order valence-corrected chi connectivity index (χ0v) is 24.4. The summed E-state index contributed by atoms with van der Waals surface area (Å²) in [5.74, 6) is 1.21. The maximum absolute atomic E-state index is 13.4. The largest absolute Gasteiger partial charge is 0.487 e. The lowest BCUT2D eigenvalue weighted by Gasteiger charge is -2.15. The van der Waals surface area contributed by atoms with Gasteiger partial charge in [0.2, 0.25) is 0 Å². The lowest BCUT2D eigenvalue weighted by atomic mass is 10.1. The number of nitrogens with zero attached hydrogens (tertiary/aromatic N) is 3. The van der Waals surface area contributed by atoms with Gasteiger partial charge in [0.15, 0.2) is 0 Å². The second-order valence-corrected chi connectivity index (χ2v) is 11.1. The van der Waals surface area contributed by atoms with Crippen LogP contribution in [-0.2, 0) is 6.61 Å². The highest BCUT2D eigenvalue weighted by Crippen LogP contribution is 2.33. The molecule has 0 spiro atoms. The molecule has 0 saturated heterocycles. The van der Waals surface area contributed by atoms with E-state index in [0.29, 0.717) is 44.1 Å². The Morgan fingerprint density at radius 1 is 1.09 bits per heavy atom. The zero-order chi connectivity index (χ0) is 25.1. The van der Waals surface area contributed by atoms with Crippen LogP contribution < -0.4 is 10.3 Å². The van der Waals surface area contributed by atoms with Gasteiger partial charge in [-0.3, -0.25) is 4.79 Å². The molecule has 4 rings (SSSR count). The molecule has 35 heavy (non-hydrogen) atoms. The summed E-state index contributed by atoms with van der Waals surface area (Å²) in [6, 6.07) is 16.9. The Balaban J connectivity index is 1.77. The summed E-state index contributed by atoms with van der Waals surface area (Å²) in [5, 5.41) is 5.58. The van der Waals surface area contributed by atoms with Gasteiger partial charge in [0, 0.05) is 25.4 Å². The maximum atomic E-state index is 13.4. The van der Waals surface area contributed by atoms with E-state index in [2.05, 4.69) is 59.8 Å². The van der Waals surface area contributed by atoms with Gasteiger partial charge in [-0.05, 0) is 70.4 Å². The molecule has 0 unspecified atom stereocenters. The molecule has 1 aromatic heterocycles. The number of ether oxygens (including phenoxy) is 1. The SMILES string of the molecule is CC[C@@H](C)c1nc2ccc(Br)cc2c(=O)n1N=Cc1cc(Cl)cc(Br)c1OCc1ccc(Br)cc1. The van der Waals surface area contributed by atoms with E-state index in [1.54, 1.807) is 24.4 Å². The maximum Gasteiger partial charge on any atom is 0.282 e. The fourth-order valence-corrected chi connectivity index (χ4v) is 5.04. The lowest BCUT2D eigenvalue weighted by Crippen LogP contribution is -2.23. The Kier molecular flexibility index (Phi) is 8.47. The van der Waals surface area contributed by atoms with Gasteiger partial charge in [0.1, 0.15) is 18.2 Å². The summed E-state index contributed by atoms with van der Waals surface area (Å²) in [5.41, 5.74) is 2.06. The first-order chi connectivity index (χ1) is 16.8. The number of aromatic nitrogens is 2. The van der Waals surface area contributed by atoms with Crippen molar-refractivity contribution in [1.82, 2.24) is 9.66 Å². The molecule has 1 atom stereocenters. The van der Waals surface area contributed by atoms with E-state index in [4.69, 9.17) is 21.3 Å². The molecule has 0 bridgehead atoms. The monoisotopic (exact) mass is 679 g/mol. The first-order valence-corrected chi connectivity index (χ1v) is 13.7. The van der Waals surface area contributed by atoms with Crippen molar-refractivity contribution >= 4 is 76.5 Å².